The molecule has 0 saturated carbocycles. The molecule has 2 nitrogen and oxygen atoms in total. The van der Waals surface area contributed by atoms with Crippen molar-refractivity contribution in [1.82, 2.24) is 5.32 Å². The Balaban J connectivity index is 2.44. The maximum Gasteiger partial charge on any atom is 0.0860 e. The van der Waals surface area contributed by atoms with Gasteiger partial charge in [0.25, 0.3) is 0 Å². The minimum atomic E-state index is -0.414. The summed E-state index contributed by atoms with van der Waals surface area (Å²) in [5.41, 5.74) is 0.546. The third-order valence-electron chi connectivity index (χ3n) is 3.12. The van der Waals surface area contributed by atoms with Gasteiger partial charge < -0.3 is 5.32 Å². The van der Waals surface area contributed by atoms with Crippen LogP contribution < -0.4 is 5.32 Å². The van der Waals surface area contributed by atoms with Crippen LogP contribution in [0.2, 0.25) is 5.02 Å². The van der Waals surface area contributed by atoms with Gasteiger partial charge in [0.2, 0.25) is 0 Å². The van der Waals surface area contributed by atoms with E-state index in [0.717, 1.165) is 36.0 Å². The quantitative estimate of drug-likeness (QED) is 0.864. The summed E-state index contributed by atoms with van der Waals surface area (Å²) in [6.07, 6.45) is 1.65. The van der Waals surface area contributed by atoms with Crippen molar-refractivity contribution in [3.05, 3.63) is 33.3 Å². The van der Waals surface area contributed by atoms with Crippen LogP contribution in [0.15, 0.2) is 22.7 Å². The van der Waals surface area contributed by atoms with Crippen LogP contribution in [0.5, 0.6) is 0 Å². The van der Waals surface area contributed by atoms with E-state index >= 15 is 0 Å². The average molecular weight is 300 g/mol. The van der Waals surface area contributed by atoms with Crippen LogP contribution in [0.1, 0.15) is 18.4 Å². The predicted molar refractivity (Wildman–Crippen MR) is 68.5 cm³/mol. The molecule has 1 aromatic carbocycles. The standard InChI is InChI=1S/C12H12BrClN2/c13-9-1-2-10(11(14)7-9)12(8-15)3-5-16-6-4-12/h1-2,7,16H,3-6H2. The van der Waals surface area contributed by atoms with E-state index in [2.05, 4.69) is 27.3 Å². The molecule has 0 radical (unpaired) electrons. The number of nitriles is 1. The van der Waals surface area contributed by atoms with Crippen molar-refractivity contribution in [2.75, 3.05) is 13.1 Å². The molecular weight excluding hydrogens is 288 g/mol. The Kier molecular flexibility index (Phi) is 3.53. The number of rotatable bonds is 1. The maximum atomic E-state index is 9.44. The molecule has 0 aliphatic carbocycles. The highest BCUT2D eigenvalue weighted by atomic mass is 79.9. The summed E-state index contributed by atoms with van der Waals surface area (Å²) >= 11 is 9.61. The van der Waals surface area contributed by atoms with Crippen molar-refractivity contribution >= 4 is 27.5 Å². The third kappa shape index (κ3) is 2.10. The van der Waals surface area contributed by atoms with Gasteiger partial charge in [-0.3, -0.25) is 0 Å². The molecule has 0 aromatic heterocycles. The summed E-state index contributed by atoms with van der Waals surface area (Å²) in [5.74, 6) is 0. The van der Waals surface area contributed by atoms with E-state index in [-0.39, 0.29) is 0 Å². The number of piperidine rings is 1. The van der Waals surface area contributed by atoms with Crippen molar-refractivity contribution < 1.29 is 0 Å². The fourth-order valence-corrected chi connectivity index (χ4v) is 3.03. The molecule has 1 N–H and O–H groups in total. The molecule has 0 atom stereocenters. The van der Waals surface area contributed by atoms with Crippen LogP contribution in [-0.2, 0) is 5.41 Å². The van der Waals surface area contributed by atoms with Crippen LogP contribution in [0, 0.1) is 11.3 Å². The molecule has 0 amide bonds. The number of hydrogen-bond acceptors (Lipinski definition) is 2. The van der Waals surface area contributed by atoms with Crippen LogP contribution in [-0.4, -0.2) is 13.1 Å². The monoisotopic (exact) mass is 298 g/mol. The lowest BCUT2D eigenvalue weighted by molar-refractivity contribution is 0.382. The largest absolute Gasteiger partial charge is 0.317 e. The lowest BCUT2D eigenvalue weighted by atomic mass is 9.74. The molecule has 1 aliphatic heterocycles. The molecule has 2 rings (SSSR count). The van der Waals surface area contributed by atoms with Crippen molar-refractivity contribution in [3.8, 4) is 6.07 Å². The maximum absolute atomic E-state index is 9.44. The van der Waals surface area contributed by atoms with Crippen LogP contribution in [0.3, 0.4) is 0 Å². The highest BCUT2D eigenvalue weighted by Crippen LogP contribution is 2.38. The van der Waals surface area contributed by atoms with E-state index in [1.165, 1.54) is 0 Å². The summed E-state index contributed by atoms with van der Waals surface area (Å²) < 4.78 is 0.947. The van der Waals surface area contributed by atoms with E-state index in [1.807, 2.05) is 18.2 Å². The number of benzene rings is 1. The van der Waals surface area contributed by atoms with Gasteiger partial charge in [0.15, 0.2) is 0 Å². The average Bonchev–Trinajstić information content (AvgIpc) is 2.30. The van der Waals surface area contributed by atoms with Gasteiger partial charge in [0.1, 0.15) is 0 Å². The Morgan fingerprint density at radius 1 is 1.38 bits per heavy atom. The molecule has 0 unspecified atom stereocenters. The fourth-order valence-electron chi connectivity index (χ4n) is 2.17. The summed E-state index contributed by atoms with van der Waals surface area (Å²) in [6.45, 7) is 1.75. The normalized spacial score (nSPS) is 19.1. The van der Waals surface area contributed by atoms with Gasteiger partial charge in [-0.05, 0) is 43.6 Å². The van der Waals surface area contributed by atoms with E-state index < -0.39 is 5.41 Å². The van der Waals surface area contributed by atoms with Crippen molar-refractivity contribution in [3.63, 3.8) is 0 Å². The second-order valence-corrected chi connectivity index (χ2v) is 5.39. The second kappa shape index (κ2) is 4.75. The number of nitrogens with zero attached hydrogens (tertiary/aromatic N) is 1. The van der Waals surface area contributed by atoms with Gasteiger partial charge in [0, 0.05) is 9.50 Å². The lowest BCUT2D eigenvalue weighted by Gasteiger charge is -2.32. The van der Waals surface area contributed by atoms with Gasteiger partial charge in [0.05, 0.1) is 11.5 Å². The van der Waals surface area contributed by atoms with E-state index in [0.29, 0.717) is 5.02 Å². The van der Waals surface area contributed by atoms with Gasteiger partial charge in [-0.25, -0.2) is 0 Å². The highest BCUT2D eigenvalue weighted by molar-refractivity contribution is 9.10. The van der Waals surface area contributed by atoms with Crippen LogP contribution in [0.4, 0.5) is 0 Å². The minimum Gasteiger partial charge on any atom is -0.317 e. The molecule has 0 spiro atoms. The first-order valence-electron chi connectivity index (χ1n) is 5.25. The fraction of sp³-hybridized carbons (Fsp3) is 0.417. The molecule has 1 aromatic rings. The second-order valence-electron chi connectivity index (χ2n) is 4.07. The SMILES string of the molecule is N#CC1(c2ccc(Br)cc2Cl)CCNCC1. The summed E-state index contributed by atoms with van der Waals surface area (Å²) in [5, 5.41) is 13.4. The molecule has 1 heterocycles. The van der Waals surface area contributed by atoms with E-state index in [1.54, 1.807) is 0 Å². The summed E-state index contributed by atoms with van der Waals surface area (Å²) in [6, 6.07) is 8.22. The van der Waals surface area contributed by atoms with Crippen LogP contribution in [0.25, 0.3) is 0 Å². The number of halogens is 2. The number of hydrogen-bond donors (Lipinski definition) is 1. The van der Waals surface area contributed by atoms with Gasteiger partial charge in [-0.1, -0.05) is 33.6 Å². The molecule has 4 heteroatoms. The molecule has 1 saturated heterocycles. The molecule has 16 heavy (non-hydrogen) atoms. The highest BCUT2D eigenvalue weighted by Gasteiger charge is 2.35. The first kappa shape index (κ1) is 11.9. The van der Waals surface area contributed by atoms with Crippen LogP contribution >= 0.6 is 27.5 Å². The first-order valence-corrected chi connectivity index (χ1v) is 6.42. The molecule has 1 aliphatic rings. The zero-order chi connectivity index (χ0) is 11.6. The third-order valence-corrected chi connectivity index (χ3v) is 3.92. The zero-order valence-corrected chi connectivity index (χ0v) is 11.1. The Bertz CT molecular complexity index is 433. The summed E-state index contributed by atoms with van der Waals surface area (Å²) in [7, 11) is 0. The van der Waals surface area contributed by atoms with Crippen molar-refractivity contribution in [1.29, 1.82) is 5.26 Å². The smallest absolute Gasteiger partial charge is 0.0860 e. The van der Waals surface area contributed by atoms with E-state index in [9.17, 15) is 5.26 Å². The Morgan fingerprint density at radius 2 is 2.06 bits per heavy atom. The molecule has 1 fully saturated rings. The van der Waals surface area contributed by atoms with Gasteiger partial charge in [-0.2, -0.15) is 5.26 Å². The molecule has 0 bridgehead atoms. The lowest BCUT2D eigenvalue weighted by Crippen LogP contribution is -2.39. The molecule has 84 valence electrons. The zero-order valence-electron chi connectivity index (χ0n) is 8.76. The minimum absolute atomic E-state index is 0.414. The van der Waals surface area contributed by atoms with Crippen molar-refractivity contribution in [2.45, 2.75) is 18.3 Å². The molecular formula is C12H12BrClN2. The van der Waals surface area contributed by atoms with Gasteiger partial charge >= 0.3 is 0 Å². The Labute approximate surface area is 109 Å². The summed E-state index contributed by atoms with van der Waals surface area (Å²) in [4.78, 5) is 0. The Morgan fingerprint density at radius 3 is 2.62 bits per heavy atom. The number of nitrogens with one attached hydrogen (secondary N) is 1. The Hall–Kier alpha value is -0.560. The van der Waals surface area contributed by atoms with Crippen molar-refractivity contribution in [2.24, 2.45) is 0 Å². The van der Waals surface area contributed by atoms with E-state index in [4.69, 9.17) is 11.6 Å². The van der Waals surface area contributed by atoms with Gasteiger partial charge in [-0.15, -0.1) is 0 Å². The predicted octanol–water partition coefficient (Wildman–Crippen LogP) is 3.25. The topological polar surface area (TPSA) is 35.8 Å². The first-order chi connectivity index (χ1) is 7.68.